The van der Waals surface area contributed by atoms with Gasteiger partial charge in [-0.3, -0.25) is 0 Å². The zero-order valence-corrected chi connectivity index (χ0v) is 16.5. The Morgan fingerprint density at radius 2 is 1.93 bits per heavy atom. The lowest BCUT2D eigenvalue weighted by molar-refractivity contribution is 0.145. The molecule has 2 aromatic heterocycles. The molecule has 0 amide bonds. The first-order valence-corrected chi connectivity index (χ1v) is 10.5. The van der Waals surface area contributed by atoms with E-state index < -0.39 is 0 Å². The van der Waals surface area contributed by atoms with Gasteiger partial charge in [-0.1, -0.05) is 0 Å². The Morgan fingerprint density at radius 1 is 1.07 bits per heavy atom. The van der Waals surface area contributed by atoms with Gasteiger partial charge in [0.15, 0.2) is 0 Å². The molecule has 3 aliphatic rings. The first-order valence-electron chi connectivity index (χ1n) is 10.5. The molecule has 0 saturated carbocycles. The lowest BCUT2D eigenvalue weighted by Crippen LogP contribution is -2.46. The van der Waals surface area contributed by atoms with Crippen molar-refractivity contribution in [2.24, 2.45) is 0 Å². The van der Waals surface area contributed by atoms with E-state index in [2.05, 4.69) is 19.8 Å². The minimum atomic E-state index is -0.174. The maximum Gasteiger partial charge on any atom is 0.227 e. The molecular formula is C21H28N6O. The zero-order chi connectivity index (χ0) is 19.1. The summed E-state index contributed by atoms with van der Waals surface area (Å²) >= 11 is 0. The Labute approximate surface area is 165 Å². The van der Waals surface area contributed by atoms with Crippen molar-refractivity contribution in [3.8, 4) is 0 Å². The summed E-state index contributed by atoms with van der Waals surface area (Å²) < 4.78 is 0. The topological polar surface area (TPSA) is 78.3 Å². The summed E-state index contributed by atoms with van der Waals surface area (Å²) in [6.45, 7) is 5.60. The molecule has 2 fully saturated rings. The van der Waals surface area contributed by atoms with E-state index in [1.807, 2.05) is 25.4 Å². The second-order valence-electron chi connectivity index (χ2n) is 8.53. The van der Waals surface area contributed by atoms with Crippen LogP contribution < -0.4 is 9.80 Å². The van der Waals surface area contributed by atoms with E-state index in [1.165, 1.54) is 17.7 Å². The van der Waals surface area contributed by atoms with E-state index in [0.717, 1.165) is 75.9 Å². The molecule has 28 heavy (non-hydrogen) atoms. The second kappa shape index (κ2) is 6.95. The summed E-state index contributed by atoms with van der Waals surface area (Å²) in [5.74, 6) is 2.66. The van der Waals surface area contributed by atoms with Crippen molar-refractivity contribution in [2.45, 2.75) is 57.0 Å². The molecule has 2 saturated heterocycles. The van der Waals surface area contributed by atoms with Gasteiger partial charge in [-0.25, -0.2) is 15.0 Å². The van der Waals surface area contributed by atoms with Crippen LogP contribution in [0.25, 0.3) is 0 Å². The van der Waals surface area contributed by atoms with Crippen molar-refractivity contribution in [3.63, 3.8) is 0 Å². The van der Waals surface area contributed by atoms with E-state index in [4.69, 9.17) is 9.97 Å². The summed E-state index contributed by atoms with van der Waals surface area (Å²) in [5.41, 5.74) is 2.68. The zero-order valence-electron chi connectivity index (χ0n) is 16.5. The standard InChI is InChI=1S/C21H28N6O/c1-15-23-13-16-3-8-21(19(16)24-15)7-2-10-27(14-21)20-22-9-4-18(25-20)26-11-5-17(28)6-12-26/h4,9,13,17,28H,2-3,5-8,10-12,14H2,1H3. The average Bonchev–Trinajstić information content (AvgIpc) is 3.06. The summed E-state index contributed by atoms with van der Waals surface area (Å²) in [6, 6.07) is 1.99. The SMILES string of the molecule is Cc1ncc2c(n1)C1(CCCN(c3nccc(N4CCC(O)CC4)n3)C1)CC2. The average molecular weight is 380 g/mol. The van der Waals surface area contributed by atoms with E-state index in [0.29, 0.717) is 0 Å². The number of hydrogen-bond acceptors (Lipinski definition) is 7. The van der Waals surface area contributed by atoms with Crippen molar-refractivity contribution in [3.05, 3.63) is 35.5 Å². The Kier molecular flexibility index (Phi) is 4.42. The van der Waals surface area contributed by atoms with Gasteiger partial charge in [-0.05, 0) is 57.1 Å². The quantitative estimate of drug-likeness (QED) is 0.854. The van der Waals surface area contributed by atoms with Gasteiger partial charge in [-0.15, -0.1) is 0 Å². The van der Waals surface area contributed by atoms with Crippen LogP contribution in [0.5, 0.6) is 0 Å². The number of rotatable bonds is 2. The summed E-state index contributed by atoms with van der Waals surface area (Å²) in [5, 5.41) is 9.77. The largest absolute Gasteiger partial charge is 0.393 e. The van der Waals surface area contributed by atoms with Crippen LogP contribution in [-0.2, 0) is 11.8 Å². The molecule has 148 valence electrons. The molecule has 4 heterocycles. The molecular weight excluding hydrogens is 352 g/mol. The fourth-order valence-electron chi connectivity index (χ4n) is 5.09. The number of aliphatic hydroxyl groups is 1. The van der Waals surface area contributed by atoms with Crippen molar-refractivity contribution in [1.82, 2.24) is 19.9 Å². The molecule has 2 aliphatic heterocycles. The first-order chi connectivity index (χ1) is 13.6. The van der Waals surface area contributed by atoms with E-state index in [1.54, 1.807) is 0 Å². The van der Waals surface area contributed by atoms with Crippen LogP contribution in [-0.4, -0.2) is 57.3 Å². The Balaban J connectivity index is 1.39. The predicted octanol–water partition coefficient (Wildman–Crippen LogP) is 2.02. The highest BCUT2D eigenvalue weighted by Gasteiger charge is 2.44. The minimum Gasteiger partial charge on any atom is -0.393 e. The predicted molar refractivity (Wildman–Crippen MR) is 108 cm³/mol. The van der Waals surface area contributed by atoms with E-state index >= 15 is 0 Å². The number of piperidine rings is 2. The molecule has 1 spiro atoms. The second-order valence-corrected chi connectivity index (χ2v) is 8.53. The third-order valence-electron chi connectivity index (χ3n) is 6.64. The van der Waals surface area contributed by atoms with Crippen LogP contribution in [0.2, 0.25) is 0 Å². The van der Waals surface area contributed by atoms with Gasteiger partial charge >= 0.3 is 0 Å². The molecule has 1 N–H and O–H groups in total. The lowest BCUT2D eigenvalue weighted by Gasteiger charge is -2.40. The molecule has 1 atom stereocenters. The maximum atomic E-state index is 9.77. The summed E-state index contributed by atoms with van der Waals surface area (Å²) in [4.78, 5) is 23.4. The van der Waals surface area contributed by atoms with Crippen LogP contribution in [0, 0.1) is 6.92 Å². The van der Waals surface area contributed by atoms with Gasteiger partial charge in [0.1, 0.15) is 11.6 Å². The van der Waals surface area contributed by atoms with Crippen LogP contribution in [0.15, 0.2) is 18.5 Å². The molecule has 0 aromatic carbocycles. The van der Waals surface area contributed by atoms with E-state index in [-0.39, 0.29) is 11.5 Å². The van der Waals surface area contributed by atoms with Crippen LogP contribution in [0.1, 0.15) is 49.2 Å². The lowest BCUT2D eigenvalue weighted by atomic mass is 9.77. The fourth-order valence-corrected chi connectivity index (χ4v) is 5.09. The number of hydrogen-bond donors (Lipinski definition) is 1. The fraction of sp³-hybridized carbons (Fsp3) is 0.619. The Hall–Kier alpha value is -2.28. The maximum absolute atomic E-state index is 9.77. The molecule has 7 heteroatoms. The number of aromatic nitrogens is 4. The summed E-state index contributed by atoms with van der Waals surface area (Å²) in [7, 11) is 0. The highest BCUT2D eigenvalue weighted by molar-refractivity contribution is 5.46. The van der Waals surface area contributed by atoms with Crippen LogP contribution in [0.4, 0.5) is 11.8 Å². The molecule has 1 aliphatic carbocycles. The van der Waals surface area contributed by atoms with Crippen molar-refractivity contribution >= 4 is 11.8 Å². The molecule has 2 aromatic rings. The number of aliphatic hydroxyl groups excluding tert-OH is 1. The first kappa shape index (κ1) is 17.8. The van der Waals surface area contributed by atoms with Crippen LogP contribution >= 0.6 is 0 Å². The molecule has 5 rings (SSSR count). The van der Waals surface area contributed by atoms with E-state index in [9.17, 15) is 5.11 Å². The highest BCUT2D eigenvalue weighted by Crippen LogP contribution is 2.44. The smallest absolute Gasteiger partial charge is 0.227 e. The number of nitrogens with zero attached hydrogens (tertiary/aromatic N) is 6. The third-order valence-corrected chi connectivity index (χ3v) is 6.64. The molecule has 0 bridgehead atoms. The molecule has 0 radical (unpaired) electrons. The minimum absolute atomic E-state index is 0.107. The van der Waals surface area contributed by atoms with Gasteiger partial charge in [-0.2, -0.15) is 4.98 Å². The van der Waals surface area contributed by atoms with Crippen molar-refractivity contribution < 1.29 is 5.11 Å². The monoisotopic (exact) mass is 380 g/mol. The Morgan fingerprint density at radius 3 is 2.79 bits per heavy atom. The van der Waals surface area contributed by atoms with Crippen LogP contribution in [0.3, 0.4) is 0 Å². The molecule has 1 unspecified atom stereocenters. The van der Waals surface area contributed by atoms with Crippen molar-refractivity contribution in [2.75, 3.05) is 36.0 Å². The summed E-state index contributed by atoms with van der Waals surface area (Å²) in [6.07, 6.45) is 9.85. The molecule has 7 nitrogen and oxygen atoms in total. The Bertz CT molecular complexity index is 862. The normalized spacial score (nSPS) is 25.4. The highest BCUT2D eigenvalue weighted by atomic mass is 16.3. The van der Waals surface area contributed by atoms with Gasteiger partial charge in [0, 0.05) is 44.0 Å². The number of anilines is 2. The van der Waals surface area contributed by atoms with Crippen molar-refractivity contribution in [1.29, 1.82) is 0 Å². The third kappa shape index (κ3) is 3.11. The number of aryl methyl sites for hydroxylation is 2. The van der Waals surface area contributed by atoms with Gasteiger partial charge in [0.2, 0.25) is 5.95 Å². The number of fused-ring (bicyclic) bond motifs is 2. The van der Waals surface area contributed by atoms with Gasteiger partial charge in [0.05, 0.1) is 11.8 Å². The van der Waals surface area contributed by atoms with Gasteiger partial charge in [0.25, 0.3) is 0 Å². The van der Waals surface area contributed by atoms with Gasteiger partial charge < -0.3 is 14.9 Å².